The molecule has 0 unspecified atom stereocenters. The van der Waals surface area contributed by atoms with Crippen molar-refractivity contribution < 1.29 is 4.79 Å². The van der Waals surface area contributed by atoms with Gasteiger partial charge in [-0.2, -0.15) is 0 Å². The summed E-state index contributed by atoms with van der Waals surface area (Å²) in [6, 6.07) is 5.43. The summed E-state index contributed by atoms with van der Waals surface area (Å²) in [7, 11) is 0. The highest BCUT2D eigenvalue weighted by atomic mass is 32.1. The average molecular weight is 342 g/mol. The highest BCUT2D eigenvalue weighted by Crippen LogP contribution is 2.27. The standard InChI is InChI=1S/C17H18N4O2S/c1-4-8-21-9-18-16-13(17(21)23)11(3)14(24-16)15(22)20-12-7-5-6-10(2)19-12/h5-7,9H,4,8H2,1-3H3,(H,19,20,22). The summed E-state index contributed by atoms with van der Waals surface area (Å²) < 4.78 is 1.59. The fourth-order valence-electron chi connectivity index (χ4n) is 2.56. The van der Waals surface area contributed by atoms with Crippen molar-refractivity contribution in [2.24, 2.45) is 0 Å². The third-order valence-corrected chi connectivity index (χ3v) is 4.92. The summed E-state index contributed by atoms with van der Waals surface area (Å²) in [5, 5.41) is 3.31. The molecule has 0 saturated heterocycles. The van der Waals surface area contributed by atoms with Gasteiger partial charge in [-0.15, -0.1) is 11.3 Å². The topological polar surface area (TPSA) is 76.9 Å². The molecule has 24 heavy (non-hydrogen) atoms. The lowest BCUT2D eigenvalue weighted by atomic mass is 10.2. The van der Waals surface area contributed by atoms with Crippen LogP contribution in [0.4, 0.5) is 5.82 Å². The van der Waals surface area contributed by atoms with Gasteiger partial charge in [0.2, 0.25) is 0 Å². The maximum atomic E-state index is 12.6. The number of anilines is 1. The van der Waals surface area contributed by atoms with Crippen molar-refractivity contribution in [3.05, 3.63) is 51.0 Å². The number of carbonyl (C=O) groups is 1. The maximum absolute atomic E-state index is 12.6. The van der Waals surface area contributed by atoms with Crippen molar-refractivity contribution in [1.29, 1.82) is 0 Å². The van der Waals surface area contributed by atoms with Gasteiger partial charge >= 0.3 is 0 Å². The van der Waals surface area contributed by atoms with Crippen LogP contribution in [0.5, 0.6) is 0 Å². The molecule has 7 heteroatoms. The monoisotopic (exact) mass is 342 g/mol. The largest absolute Gasteiger partial charge is 0.306 e. The first-order valence-corrected chi connectivity index (χ1v) is 8.56. The summed E-state index contributed by atoms with van der Waals surface area (Å²) >= 11 is 1.23. The number of rotatable bonds is 4. The molecule has 3 aromatic heterocycles. The Kier molecular flexibility index (Phi) is 4.44. The fourth-order valence-corrected chi connectivity index (χ4v) is 3.60. The second-order valence-corrected chi connectivity index (χ2v) is 6.60. The lowest BCUT2D eigenvalue weighted by Crippen LogP contribution is -2.20. The Morgan fingerprint density at radius 3 is 2.83 bits per heavy atom. The lowest BCUT2D eigenvalue weighted by molar-refractivity contribution is 0.102. The number of pyridine rings is 1. The molecule has 124 valence electrons. The quantitative estimate of drug-likeness (QED) is 0.790. The van der Waals surface area contributed by atoms with Crippen molar-refractivity contribution >= 4 is 33.3 Å². The predicted molar refractivity (Wildman–Crippen MR) is 95.8 cm³/mol. The van der Waals surface area contributed by atoms with Crippen LogP contribution in [0.3, 0.4) is 0 Å². The molecule has 6 nitrogen and oxygen atoms in total. The van der Waals surface area contributed by atoms with Gasteiger partial charge in [0.1, 0.15) is 10.6 Å². The number of nitrogens with one attached hydrogen (secondary N) is 1. The molecule has 0 atom stereocenters. The van der Waals surface area contributed by atoms with Crippen LogP contribution >= 0.6 is 11.3 Å². The van der Waals surface area contributed by atoms with Crippen LogP contribution in [0, 0.1) is 13.8 Å². The van der Waals surface area contributed by atoms with E-state index >= 15 is 0 Å². The summed E-state index contributed by atoms with van der Waals surface area (Å²) in [6.45, 7) is 6.27. The van der Waals surface area contributed by atoms with Crippen LogP contribution in [-0.4, -0.2) is 20.4 Å². The fraction of sp³-hybridized carbons (Fsp3) is 0.294. The van der Waals surface area contributed by atoms with E-state index in [1.54, 1.807) is 23.9 Å². The van der Waals surface area contributed by atoms with E-state index in [1.165, 1.54) is 11.3 Å². The predicted octanol–water partition coefficient (Wildman–Crippen LogP) is 3.13. The summed E-state index contributed by atoms with van der Waals surface area (Å²) in [6.07, 6.45) is 2.40. The second kappa shape index (κ2) is 6.52. The average Bonchev–Trinajstić information content (AvgIpc) is 2.88. The minimum atomic E-state index is -0.268. The minimum absolute atomic E-state index is 0.0941. The van der Waals surface area contributed by atoms with Gasteiger partial charge in [0.25, 0.3) is 11.5 Å². The van der Waals surface area contributed by atoms with Crippen LogP contribution in [0.15, 0.2) is 29.3 Å². The lowest BCUT2D eigenvalue weighted by Gasteiger charge is -2.04. The number of amides is 1. The van der Waals surface area contributed by atoms with E-state index in [9.17, 15) is 9.59 Å². The molecule has 3 heterocycles. The smallest absolute Gasteiger partial charge is 0.267 e. The molecule has 0 aromatic carbocycles. The van der Waals surface area contributed by atoms with E-state index in [2.05, 4.69) is 15.3 Å². The van der Waals surface area contributed by atoms with Crippen LogP contribution < -0.4 is 10.9 Å². The van der Waals surface area contributed by atoms with Gasteiger partial charge in [-0.1, -0.05) is 13.0 Å². The van der Waals surface area contributed by atoms with Crippen LogP contribution in [0.25, 0.3) is 10.2 Å². The van der Waals surface area contributed by atoms with Crippen molar-refractivity contribution in [1.82, 2.24) is 14.5 Å². The Bertz CT molecular complexity index is 974. The molecule has 0 aliphatic carbocycles. The van der Waals surface area contributed by atoms with E-state index in [1.807, 2.05) is 26.0 Å². The van der Waals surface area contributed by atoms with Crippen molar-refractivity contribution in [2.45, 2.75) is 33.7 Å². The highest BCUT2D eigenvalue weighted by Gasteiger charge is 2.19. The molecule has 0 spiro atoms. The maximum Gasteiger partial charge on any atom is 0.267 e. The molecule has 3 rings (SSSR count). The van der Waals surface area contributed by atoms with E-state index < -0.39 is 0 Å². The molecule has 0 fully saturated rings. The van der Waals surface area contributed by atoms with E-state index in [0.717, 1.165) is 12.1 Å². The summed E-state index contributed by atoms with van der Waals surface area (Å²) in [5.74, 6) is 0.225. The zero-order valence-corrected chi connectivity index (χ0v) is 14.6. The Balaban J connectivity index is 2.01. The van der Waals surface area contributed by atoms with Crippen molar-refractivity contribution in [3.8, 4) is 0 Å². The van der Waals surface area contributed by atoms with E-state index in [0.29, 0.717) is 33.0 Å². The SMILES string of the molecule is CCCn1cnc2sc(C(=O)Nc3cccc(C)n3)c(C)c2c1=O. The molecular formula is C17H18N4O2S. The van der Waals surface area contributed by atoms with Gasteiger partial charge in [-0.05, 0) is 38.0 Å². The number of aryl methyl sites for hydroxylation is 3. The molecule has 0 radical (unpaired) electrons. The molecule has 0 aliphatic rings. The highest BCUT2D eigenvalue weighted by molar-refractivity contribution is 7.20. The van der Waals surface area contributed by atoms with Crippen LogP contribution in [0.1, 0.15) is 34.3 Å². The second-order valence-electron chi connectivity index (χ2n) is 5.60. The molecule has 0 aliphatic heterocycles. The zero-order valence-electron chi connectivity index (χ0n) is 13.8. The molecule has 1 amide bonds. The van der Waals surface area contributed by atoms with Crippen LogP contribution in [-0.2, 0) is 6.54 Å². The summed E-state index contributed by atoms with van der Waals surface area (Å²) in [4.78, 5) is 34.8. The molecular weight excluding hydrogens is 324 g/mol. The number of carbonyl (C=O) groups excluding carboxylic acids is 1. The first kappa shape index (κ1) is 16.3. The van der Waals surface area contributed by atoms with Gasteiger partial charge in [0, 0.05) is 12.2 Å². The van der Waals surface area contributed by atoms with E-state index in [-0.39, 0.29) is 11.5 Å². The first-order chi connectivity index (χ1) is 11.5. The number of thiophene rings is 1. The third-order valence-electron chi connectivity index (χ3n) is 3.72. The third kappa shape index (κ3) is 2.94. The molecule has 1 N–H and O–H groups in total. The van der Waals surface area contributed by atoms with Crippen molar-refractivity contribution in [3.63, 3.8) is 0 Å². The Labute approximate surface area is 143 Å². The number of hydrogen-bond donors (Lipinski definition) is 1. The van der Waals surface area contributed by atoms with E-state index in [4.69, 9.17) is 0 Å². The van der Waals surface area contributed by atoms with Gasteiger partial charge in [0.15, 0.2) is 0 Å². The Hall–Kier alpha value is -2.54. The zero-order chi connectivity index (χ0) is 17.3. The number of aromatic nitrogens is 3. The molecule has 0 bridgehead atoms. The Morgan fingerprint density at radius 1 is 1.33 bits per heavy atom. The first-order valence-electron chi connectivity index (χ1n) is 7.74. The van der Waals surface area contributed by atoms with Gasteiger partial charge in [-0.25, -0.2) is 9.97 Å². The minimum Gasteiger partial charge on any atom is -0.306 e. The number of hydrogen-bond acceptors (Lipinski definition) is 5. The Morgan fingerprint density at radius 2 is 2.12 bits per heavy atom. The normalized spacial score (nSPS) is 11.0. The number of nitrogens with zero attached hydrogens (tertiary/aromatic N) is 3. The van der Waals surface area contributed by atoms with Gasteiger partial charge < -0.3 is 5.32 Å². The van der Waals surface area contributed by atoms with Gasteiger partial charge in [0.05, 0.1) is 16.6 Å². The van der Waals surface area contributed by atoms with Crippen LogP contribution in [0.2, 0.25) is 0 Å². The van der Waals surface area contributed by atoms with Gasteiger partial charge in [-0.3, -0.25) is 14.2 Å². The molecule has 3 aromatic rings. The molecule has 0 saturated carbocycles. The number of fused-ring (bicyclic) bond motifs is 1. The summed E-state index contributed by atoms with van der Waals surface area (Å²) in [5.41, 5.74) is 1.40. The van der Waals surface area contributed by atoms with Crippen molar-refractivity contribution in [2.75, 3.05) is 5.32 Å².